The van der Waals surface area contributed by atoms with E-state index in [1.807, 2.05) is 0 Å². The van der Waals surface area contributed by atoms with E-state index in [-0.39, 0.29) is 0 Å². The van der Waals surface area contributed by atoms with E-state index in [1.165, 1.54) is 24.0 Å². The average molecular weight is 272 g/mol. The first kappa shape index (κ1) is 13.6. The molecule has 1 fully saturated rings. The monoisotopic (exact) mass is 272 g/mol. The van der Waals surface area contributed by atoms with Crippen LogP contribution in [0.2, 0.25) is 0 Å². The van der Waals surface area contributed by atoms with Gasteiger partial charge in [0.2, 0.25) is 0 Å². The van der Waals surface area contributed by atoms with Crippen LogP contribution in [0.25, 0.3) is 11.0 Å². The minimum atomic E-state index is 0.986. The zero-order valence-corrected chi connectivity index (χ0v) is 12.5. The molecule has 3 rings (SSSR count). The minimum absolute atomic E-state index is 0.986. The van der Waals surface area contributed by atoms with Crippen molar-refractivity contribution in [1.82, 2.24) is 19.8 Å². The van der Waals surface area contributed by atoms with Gasteiger partial charge in [-0.3, -0.25) is 4.90 Å². The van der Waals surface area contributed by atoms with Crippen LogP contribution in [0.1, 0.15) is 24.7 Å². The first-order valence-electron chi connectivity index (χ1n) is 7.67. The number of hydrogen-bond acceptors (Lipinski definition) is 3. The fourth-order valence-electron chi connectivity index (χ4n) is 3.11. The van der Waals surface area contributed by atoms with Crippen LogP contribution < -0.4 is 5.32 Å². The number of nitrogens with zero attached hydrogens (tertiary/aromatic N) is 3. The van der Waals surface area contributed by atoms with Gasteiger partial charge in [-0.25, -0.2) is 4.98 Å². The Morgan fingerprint density at radius 1 is 1.25 bits per heavy atom. The normalized spacial score (nSPS) is 17.5. The molecule has 4 heteroatoms. The highest BCUT2D eigenvalue weighted by Crippen LogP contribution is 2.18. The summed E-state index contributed by atoms with van der Waals surface area (Å²) in [5.74, 6) is 1.11. The number of rotatable bonds is 3. The van der Waals surface area contributed by atoms with E-state index < -0.39 is 0 Å². The molecule has 1 aromatic heterocycles. The second kappa shape index (κ2) is 5.94. The predicted octanol–water partition coefficient (Wildman–Crippen LogP) is 2.16. The molecule has 1 aromatic carbocycles. The van der Waals surface area contributed by atoms with Crippen LogP contribution in [0.4, 0.5) is 0 Å². The van der Waals surface area contributed by atoms with Crippen LogP contribution in [0, 0.1) is 6.92 Å². The number of hydrogen-bond donors (Lipinski definition) is 1. The molecule has 1 N–H and O–H groups in total. The molecule has 2 heterocycles. The van der Waals surface area contributed by atoms with Crippen molar-refractivity contribution in [2.45, 2.75) is 33.4 Å². The first-order valence-corrected chi connectivity index (χ1v) is 7.67. The quantitative estimate of drug-likeness (QED) is 0.929. The van der Waals surface area contributed by atoms with Gasteiger partial charge < -0.3 is 9.88 Å². The van der Waals surface area contributed by atoms with Gasteiger partial charge in [-0.1, -0.05) is 6.07 Å². The molecule has 1 saturated heterocycles. The zero-order chi connectivity index (χ0) is 13.9. The van der Waals surface area contributed by atoms with Gasteiger partial charge >= 0.3 is 0 Å². The van der Waals surface area contributed by atoms with Gasteiger partial charge in [-0.2, -0.15) is 0 Å². The number of imidazole rings is 1. The van der Waals surface area contributed by atoms with Crippen LogP contribution in [0.15, 0.2) is 18.2 Å². The van der Waals surface area contributed by atoms with E-state index in [2.05, 4.69) is 51.8 Å². The Hall–Kier alpha value is -1.39. The highest BCUT2D eigenvalue weighted by Gasteiger charge is 2.11. The Morgan fingerprint density at radius 2 is 2.15 bits per heavy atom. The van der Waals surface area contributed by atoms with E-state index in [4.69, 9.17) is 0 Å². The van der Waals surface area contributed by atoms with Crippen molar-refractivity contribution in [3.05, 3.63) is 29.6 Å². The lowest BCUT2D eigenvalue weighted by molar-refractivity contribution is 0.284. The first-order chi connectivity index (χ1) is 9.78. The van der Waals surface area contributed by atoms with E-state index >= 15 is 0 Å². The Morgan fingerprint density at radius 3 is 3.00 bits per heavy atom. The maximum absolute atomic E-state index is 4.69. The van der Waals surface area contributed by atoms with Gasteiger partial charge in [0.25, 0.3) is 0 Å². The van der Waals surface area contributed by atoms with Crippen molar-refractivity contribution in [3.63, 3.8) is 0 Å². The molecule has 1 aliphatic heterocycles. The van der Waals surface area contributed by atoms with Crippen LogP contribution in [0.5, 0.6) is 0 Å². The maximum atomic E-state index is 4.69. The van der Waals surface area contributed by atoms with E-state index in [1.54, 1.807) is 0 Å². The molecule has 0 unspecified atom stereocenters. The smallest absolute Gasteiger partial charge is 0.106 e. The summed E-state index contributed by atoms with van der Waals surface area (Å²) in [4.78, 5) is 7.22. The molecule has 20 heavy (non-hydrogen) atoms. The largest absolute Gasteiger partial charge is 0.329 e. The fourth-order valence-corrected chi connectivity index (χ4v) is 3.11. The fraction of sp³-hybridized carbons (Fsp3) is 0.562. The SMILES string of the molecule is CCn1c(C)nc2cc(CN3CCCNCC3)ccc21. The molecule has 0 spiro atoms. The van der Waals surface area contributed by atoms with E-state index in [0.29, 0.717) is 0 Å². The standard InChI is InChI=1S/C16H24N4/c1-3-20-13(2)18-15-11-14(5-6-16(15)20)12-19-9-4-7-17-8-10-19/h5-6,11,17H,3-4,7-10,12H2,1-2H3. The molecule has 2 aromatic rings. The lowest BCUT2D eigenvalue weighted by Crippen LogP contribution is -2.27. The summed E-state index contributed by atoms with van der Waals surface area (Å²) in [6, 6.07) is 6.74. The third-order valence-corrected chi connectivity index (χ3v) is 4.16. The summed E-state index contributed by atoms with van der Waals surface area (Å²) in [5, 5.41) is 3.45. The van der Waals surface area contributed by atoms with Gasteiger partial charge in [0.1, 0.15) is 5.82 Å². The Kier molecular flexibility index (Phi) is 4.03. The van der Waals surface area contributed by atoms with Crippen molar-refractivity contribution in [2.24, 2.45) is 0 Å². The van der Waals surface area contributed by atoms with Gasteiger partial charge in [-0.15, -0.1) is 0 Å². The second-order valence-corrected chi connectivity index (χ2v) is 5.61. The van der Waals surface area contributed by atoms with Crippen molar-refractivity contribution in [1.29, 1.82) is 0 Å². The highest BCUT2D eigenvalue weighted by atomic mass is 15.1. The minimum Gasteiger partial charge on any atom is -0.329 e. The number of aromatic nitrogens is 2. The average Bonchev–Trinajstić information content (AvgIpc) is 2.61. The predicted molar refractivity (Wildman–Crippen MR) is 82.9 cm³/mol. The molecule has 4 nitrogen and oxygen atoms in total. The Bertz CT molecular complexity index is 579. The van der Waals surface area contributed by atoms with Crippen molar-refractivity contribution < 1.29 is 0 Å². The third kappa shape index (κ3) is 2.72. The molecular weight excluding hydrogens is 248 g/mol. The number of nitrogens with one attached hydrogen (secondary N) is 1. The number of fused-ring (bicyclic) bond motifs is 1. The lowest BCUT2D eigenvalue weighted by Gasteiger charge is -2.19. The molecule has 0 saturated carbocycles. The summed E-state index contributed by atoms with van der Waals surface area (Å²) in [5.41, 5.74) is 3.77. The van der Waals surface area contributed by atoms with Crippen LogP contribution in [-0.2, 0) is 13.1 Å². The van der Waals surface area contributed by atoms with Crippen LogP contribution >= 0.6 is 0 Å². The van der Waals surface area contributed by atoms with Crippen molar-refractivity contribution >= 4 is 11.0 Å². The second-order valence-electron chi connectivity index (χ2n) is 5.61. The van der Waals surface area contributed by atoms with E-state index in [0.717, 1.165) is 44.1 Å². The number of aryl methyl sites for hydroxylation is 2. The summed E-state index contributed by atoms with van der Waals surface area (Å²) in [6.07, 6.45) is 1.24. The molecule has 0 aliphatic carbocycles. The lowest BCUT2D eigenvalue weighted by atomic mass is 10.2. The van der Waals surface area contributed by atoms with E-state index in [9.17, 15) is 0 Å². The van der Waals surface area contributed by atoms with Crippen LogP contribution in [-0.4, -0.2) is 40.6 Å². The Balaban J connectivity index is 1.81. The van der Waals surface area contributed by atoms with Gasteiger partial charge in [-0.05, 0) is 51.1 Å². The summed E-state index contributed by atoms with van der Waals surface area (Å²) in [6.45, 7) is 10.9. The molecule has 108 valence electrons. The molecule has 0 bridgehead atoms. The maximum Gasteiger partial charge on any atom is 0.106 e. The summed E-state index contributed by atoms with van der Waals surface area (Å²) in [7, 11) is 0. The van der Waals surface area contributed by atoms with Crippen LogP contribution in [0.3, 0.4) is 0 Å². The van der Waals surface area contributed by atoms with Gasteiger partial charge in [0.15, 0.2) is 0 Å². The van der Waals surface area contributed by atoms with Gasteiger partial charge in [0.05, 0.1) is 11.0 Å². The van der Waals surface area contributed by atoms with Crippen molar-refractivity contribution in [3.8, 4) is 0 Å². The van der Waals surface area contributed by atoms with Gasteiger partial charge in [0, 0.05) is 26.2 Å². The number of benzene rings is 1. The summed E-state index contributed by atoms with van der Waals surface area (Å²) >= 11 is 0. The molecular formula is C16H24N4. The Labute approximate surface area is 120 Å². The zero-order valence-electron chi connectivity index (χ0n) is 12.5. The van der Waals surface area contributed by atoms with Crippen molar-refractivity contribution in [2.75, 3.05) is 26.2 Å². The highest BCUT2D eigenvalue weighted by molar-refractivity contribution is 5.76. The summed E-state index contributed by atoms with van der Waals surface area (Å²) < 4.78 is 2.27. The molecule has 0 amide bonds. The topological polar surface area (TPSA) is 33.1 Å². The molecule has 0 atom stereocenters. The third-order valence-electron chi connectivity index (χ3n) is 4.16. The molecule has 1 aliphatic rings. The molecule has 0 radical (unpaired) electrons.